The van der Waals surface area contributed by atoms with E-state index >= 15 is 0 Å². The highest BCUT2D eigenvalue weighted by Gasteiger charge is 2.33. The number of nitrogens with one attached hydrogen (secondary N) is 1. The molecule has 2 atom stereocenters. The Morgan fingerprint density at radius 3 is 2.60 bits per heavy atom. The minimum atomic E-state index is -0.743. The van der Waals surface area contributed by atoms with Crippen molar-refractivity contribution in [1.82, 2.24) is 15.4 Å². The molecule has 2 heterocycles. The number of hydrogen-bond acceptors (Lipinski definition) is 4. The first-order valence-electron chi connectivity index (χ1n) is 9.20. The summed E-state index contributed by atoms with van der Waals surface area (Å²) in [6.45, 7) is 5.95. The molecule has 4 nitrogen and oxygen atoms in total. The standard InChI is InChI=1S/C20H26FN3O/c1-13-20(14(2)25-23-13)12-24-11-17(21)9-19(24)10-22-18-7-15-5-3-4-6-16(15)8-18/h3-6,17-19,22H,7-12H2,1-2H3/t17-,19-/m0/s1. The number of hydrogen-bond donors (Lipinski definition) is 1. The molecule has 1 aliphatic carbocycles. The maximum absolute atomic E-state index is 14.1. The third-order valence-corrected chi connectivity index (χ3v) is 5.71. The maximum Gasteiger partial charge on any atom is 0.138 e. The van der Waals surface area contributed by atoms with Crippen molar-refractivity contribution >= 4 is 0 Å². The van der Waals surface area contributed by atoms with E-state index in [-0.39, 0.29) is 6.04 Å². The Balaban J connectivity index is 1.36. The molecule has 1 N–H and O–H groups in total. The van der Waals surface area contributed by atoms with Crippen molar-refractivity contribution in [1.29, 1.82) is 0 Å². The summed E-state index contributed by atoms with van der Waals surface area (Å²) < 4.78 is 19.3. The van der Waals surface area contributed by atoms with Gasteiger partial charge in [-0.1, -0.05) is 29.4 Å². The molecule has 0 radical (unpaired) electrons. The summed E-state index contributed by atoms with van der Waals surface area (Å²) in [7, 11) is 0. The Hall–Kier alpha value is -1.72. The van der Waals surface area contributed by atoms with Gasteiger partial charge in [0.2, 0.25) is 0 Å². The van der Waals surface area contributed by atoms with Crippen LogP contribution in [-0.2, 0) is 19.4 Å². The molecule has 1 aromatic heterocycles. The SMILES string of the molecule is Cc1noc(C)c1CN1C[C@@H](F)C[C@H]1CNC1Cc2ccccc2C1. The molecule has 0 amide bonds. The summed E-state index contributed by atoms with van der Waals surface area (Å²) in [5.74, 6) is 0.845. The van der Waals surface area contributed by atoms with E-state index in [1.807, 2.05) is 13.8 Å². The van der Waals surface area contributed by atoms with E-state index in [9.17, 15) is 4.39 Å². The van der Waals surface area contributed by atoms with Crippen LogP contribution in [-0.4, -0.2) is 41.4 Å². The third kappa shape index (κ3) is 3.48. The van der Waals surface area contributed by atoms with Gasteiger partial charge >= 0.3 is 0 Å². The van der Waals surface area contributed by atoms with Gasteiger partial charge in [0, 0.05) is 37.3 Å². The van der Waals surface area contributed by atoms with E-state index in [4.69, 9.17) is 4.52 Å². The molecule has 1 aliphatic heterocycles. The van der Waals surface area contributed by atoms with Gasteiger partial charge in [0.15, 0.2) is 0 Å². The second kappa shape index (κ2) is 6.89. The van der Waals surface area contributed by atoms with Crippen molar-refractivity contribution in [3.8, 4) is 0 Å². The van der Waals surface area contributed by atoms with Crippen LogP contribution in [0.3, 0.4) is 0 Å². The molecule has 0 saturated carbocycles. The highest BCUT2D eigenvalue weighted by Crippen LogP contribution is 2.26. The van der Waals surface area contributed by atoms with Gasteiger partial charge in [-0.05, 0) is 44.2 Å². The first-order chi connectivity index (χ1) is 12.1. The lowest BCUT2D eigenvalue weighted by atomic mass is 10.1. The molecule has 134 valence electrons. The molecule has 5 heteroatoms. The molecule has 2 aliphatic rings. The van der Waals surface area contributed by atoms with Crippen molar-refractivity contribution in [3.05, 3.63) is 52.4 Å². The van der Waals surface area contributed by atoms with Crippen molar-refractivity contribution in [2.75, 3.05) is 13.1 Å². The highest BCUT2D eigenvalue weighted by atomic mass is 19.1. The Labute approximate surface area is 148 Å². The third-order valence-electron chi connectivity index (χ3n) is 5.71. The molecule has 1 saturated heterocycles. The summed E-state index contributed by atoms with van der Waals surface area (Å²) >= 11 is 0. The van der Waals surface area contributed by atoms with Gasteiger partial charge in [-0.25, -0.2) is 4.39 Å². The number of aromatic nitrogens is 1. The zero-order valence-electron chi connectivity index (χ0n) is 15.0. The van der Waals surface area contributed by atoms with Crippen LogP contribution >= 0.6 is 0 Å². The minimum Gasteiger partial charge on any atom is -0.361 e. The van der Waals surface area contributed by atoms with Crippen LogP contribution in [0.2, 0.25) is 0 Å². The molecule has 1 aromatic carbocycles. The molecular formula is C20H26FN3O. The number of nitrogens with zero attached hydrogens (tertiary/aromatic N) is 2. The topological polar surface area (TPSA) is 41.3 Å². The second-order valence-electron chi connectivity index (χ2n) is 7.50. The van der Waals surface area contributed by atoms with Crippen molar-refractivity contribution < 1.29 is 8.91 Å². The van der Waals surface area contributed by atoms with Gasteiger partial charge in [-0.3, -0.25) is 4.90 Å². The lowest BCUT2D eigenvalue weighted by Crippen LogP contribution is -2.42. The molecule has 0 unspecified atom stereocenters. The Bertz CT molecular complexity index is 700. The van der Waals surface area contributed by atoms with E-state index in [1.165, 1.54) is 11.1 Å². The smallest absolute Gasteiger partial charge is 0.138 e. The summed E-state index contributed by atoms with van der Waals surface area (Å²) in [6.07, 6.45) is 2.02. The van der Waals surface area contributed by atoms with Crippen LogP contribution in [0.4, 0.5) is 4.39 Å². The van der Waals surface area contributed by atoms with Crippen LogP contribution < -0.4 is 5.32 Å². The molecule has 25 heavy (non-hydrogen) atoms. The fourth-order valence-electron chi connectivity index (χ4n) is 4.27. The zero-order chi connectivity index (χ0) is 17.4. The Kier molecular flexibility index (Phi) is 4.61. The van der Waals surface area contributed by atoms with Gasteiger partial charge in [0.25, 0.3) is 0 Å². The van der Waals surface area contributed by atoms with Gasteiger partial charge < -0.3 is 9.84 Å². The monoisotopic (exact) mass is 343 g/mol. The van der Waals surface area contributed by atoms with E-state index in [2.05, 4.69) is 39.6 Å². The molecule has 0 spiro atoms. The first-order valence-corrected chi connectivity index (χ1v) is 9.20. The average molecular weight is 343 g/mol. The lowest BCUT2D eigenvalue weighted by Gasteiger charge is -2.25. The predicted octanol–water partition coefficient (Wildman–Crippen LogP) is 2.96. The lowest BCUT2D eigenvalue weighted by molar-refractivity contribution is 0.225. The maximum atomic E-state index is 14.1. The number of rotatable bonds is 5. The van der Waals surface area contributed by atoms with Gasteiger partial charge in [0.05, 0.1) is 5.69 Å². The number of aryl methyl sites for hydroxylation is 2. The number of halogens is 1. The Morgan fingerprint density at radius 1 is 1.24 bits per heavy atom. The summed E-state index contributed by atoms with van der Waals surface area (Å²) in [6, 6.07) is 9.35. The van der Waals surface area contributed by atoms with Crippen molar-refractivity contribution in [3.63, 3.8) is 0 Å². The van der Waals surface area contributed by atoms with E-state index in [0.29, 0.717) is 19.0 Å². The quantitative estimate of drug-likeness (QED) is 0.906. The van der Waals surface area contributed by atoms with E-state index in [0.717, 1.165) is 42.9 Å². The first kappa shape index (κ1) is 16.7. The van der Waals surface area contributed by atoms with Gasteiger partial charge in [0.1, 0.15) is 11.9 Å². The normalized spacial score (nSPS) is 24.1. The molecule has 2 aromatic rings. The largest absolute Gasteiger partial charge is 0.361 e. The fourth-order valence-corrected chi connectivity index (χ4v) is 4.27. The number of benzene rings is 1. The van der Waals surface area contributed by atoms with Crippen LogP contribution in [0, 0.1) is 13.8 Å². The zero-order valence-corrected chi connectivity index (χ0v) is 15.0. The van der Waals surface area contributed by atoms with Crippen LogP contribution in [0.15, 0.2) is 28.8 Å². The highest BCUT2D eigenvalue weighted by molar-refractivity contribution is 5.33. The minimum absolute atomic E-state index is 0.229. The fraction of sp³-hybridized carbons (Fsp3) is 0.550. The van der Waals surface area contributed by atoms with E-state index in [1.54, 1.807) is 0 Å². The molecule has 0 bridgehead atoms. The predicted molar refractivity (Wildman–Crippen MR) is 95.3 cm³/mol. The van der Waals surface area contributed by atoms with Crippen LogP contribution in [0.5, 0.6) is 0 Å². The van der Waals surface area contributed by atoms with Gasteiger partial charge in [-0.15, -0.1) is 0 Å². The number of fused-ring (bicyclic) bond motifs is 1. The average Bonchev–Trinajstić information content (AvgIpc) is 3.25. The van der Waals surface area contributed by atoms with E-state index < -0.39 is 6.17 Å². The van der Waals surface area contributed by atoms with Crippen LogP contribution in [0.25, 0.3) is 0 Å². The Morgan fingerprint density at radius 2 is 1.96 bits per heavy atom. The number of likely N-dealkylation sites (tertiary alicyclic amines) is 1. The van der Waals surface area contributed by atoms with Crippen molar-refractivity contribution in [2.24, 2.45) is 0 Å². The van der Waals surface area contributed by atoms with Gasteiger partial charge in [-0.2, -0.15) is 0 Å². The molecule has 4 rings (SSSR count). The molecule has 1 fully saturated rings. The molecular weight excluding hydrogens is 317 g/mol. The van der Waals surface area contributed by atoms with Crippen molar-refractivity contribution in [2.45, 2.75) is 57.9 Å². The summed E-state index contributed by atoms with van der Waals surface area (Å²) in [5.41, 5.74) is 4.91. The number of alkyl halides is 1. The second-order valence-corrected chi connectivity index (χ2v) is 7.50. The summed E-state index contributed by atoms with van der Waals surface area (Å²) in [5, 5.41) is 7.71. The van der Waals surface area contributed by atoms with Crippen LogP contribution in [0.1, 0.15) is 34.6 Å². The summed E-state index contributed by atoms with van der Waals surface area (Å²) in [4.78, 5) is 2.24.